The molecule has 1 fully saturated rings. The molecule has 0 bridgehead atoms. The summed E-state index contributed by atoms with van der Waals surface area (Å²) in [5.41, 5.74) is 5.96. The van der Waals surface area contributed by atoms with Gasteiger partial charge in [-0.1, -0.05) is 12.1 Å². The predicted molar refractivity (Wildman–Crippen MR) is 71.0 cm³/mol. The topological polar surface area (TPSA) is 92.9 Å². The molecule has 3 N–H and O–H groups in total. The molecule has 19 heavy (non-hydrogen) atoms. The molecule has 1 aromatic rings. The summed E-state index contributed by atoms with van der Waals surface area (Å²) in [6, 6.07) is 6.08. The molecule has 0 spiro atoms. The van der Waals surface area contributed by atoms with Crippen molar-refractivity contribution in [2.45, 2.75) is 24.0 Å². The molecule has 2 rings (SSSR count). The molecule has 6 nitrogen and oxygen atoms in total. The molecule has 1 saturated heterocycles. The summed E-state index contributed by atoms with van der Waals surface area (Å²) in [4.78, 5) is 0.0976. The average molecular weight is 286 g/mol. The second-order valence-corrected chi connectivity index (χ2v) is 6.46. The van der Waals surface area contributed by atoms with E-state index in [2.05, 4.69) is 0 Å². The molecule has 0 aromatic heterocycles. The molecule has 0 saturated carbocycles. The van der Waals surface area contributed by atoms with E-state index in [-0.39, 0.29) is 36.4 Å². The maximum Gasteiger partial charge on any atom is 0.245 e. The van der Waals surface area contributed by atoms with Gasteiger partial charge < -0.3 is 15.6 Å². The first-order valence-corrected chi connectivity index (χ1v) is 7.49. The van der Waals surface area contributed by atoms with Gasteiger partial charge in [0.25, 0.3) is 0 Å². The van der Waals surface area contributed by atoms with Crippen LogP contribution in [0.4, 0.5) is 5.69 Å². The van der Waals surface area contributed by atoms with Crippen LogP contribution in [0.1, 0.15) is 6.92 Å². The van der Waals surface area contributed by atoms with Gasteiger partial charge >= 0.3 is 0 Å². The van der Waals surface area contributed by atoms with Crippen molar-refractivity contribution in [2.75, 3.05) is 25.5 Å². The summed E-state index contributed by atoms with van der Waals surface area (Å²) in [6.07, 6.45) is -0.490. The third-order valence-corrected chi connectivity index (χ3v) is 5.21. The normalized spacial score (nSPS) is 25.4. The molecule has 2 atom stereocenters. The van der Waals surface area contributed by atoms with E-state index >= 15 is 0 Å². The lowest BCUT2D eigenvalue weighted by atomic mass is 10.2. The fourth-order valence-electron chi connectivity index (χ4n) is 2.08. The quantitative estimate of drug-likeness (QED) is 0.765. The number of morpholine rings is 1. The molecule has 106 valence electrons. The van der Waals surface area contributed by atoms with Gasteiger partial charge in [0.15, 0.2) is 0 Å². The number of aliphatic hydroxyl groups is 1. The van der Waals surface area contributed by atoms with Gasteiger partial charge in [-0.2, -0.15) is 4.31 Å². The lowest BCUT2D eigenvalue weighted by molar-refractivity contribution is -0.0516. The lowest BCUT2D eigenvalue weighted by Crippen LogP contribution is -2.51. The summed E-state index contributed by atoms with van der Waals surface area (Å²) in [5.74, 6) is 0. The number of ether oxygens (including phenoxy) is 1. The summed E-state index contributed by atoms with van der Waals surface area (Å²) in [6.45, 7) is 1.96. The minimum Gasteiger partial charge on any atom is -0.398 e. The van der Waals surface area contributed by atoms with Crippen molar-refractivity contribution in [3.05, 3.63) is 24.3 Å². The fourth-order valence-corrected chi connectivity index (χ4v) is 3.85. The molecule has 1 aliphatic rings. The number of aliphatic hydroxyl groups excluding tert-OH is 1. The Balaban J connectivity index is 2.36. The second-order valence-electron chi connectivity index (χ2n) is 4.60. The van der Waals surface area contributed by atoms with Crippen LogP contribution in [-0.2, 0) is 14.8 Å². The summed E-state index contributed by atoms with van der Waals surface area (Å²) < 4.78 is 31.9. The van der Waals surface area contributed by atoms with Gasteiger partial charge in [0.2, 0.25) is 10.0 Å². The third-order valence-electron chi connectivity index (χ3n) is 3.16. The van der Waals surface area contributed by atoms with E-state index in [0.29, 0.717) is 0 Å². The Kier molecular flexibility index (Phi) is 4.10. The van der Waals surface area contributed by atoms with Crippen LogP contribution in [0.15, 0.2) is 29.2 Å². The van der Waals surface area contributed by atoms with E-state index in [1.807, 2.05) is 0 Å². The Morgan fingerprint density at radius 2 is 2.16 bits per heavy atom. The molecule has 1 aromatic carbocycles. The molecule has 0 aliphatic carbocycles. The standard InChI is InChI=1S/C12H18N2O4S/c1-9-8-18-10(7-15)6-14(9)19(16,17)12-5-3-2-4-11(12)13/h2-5,9-10,15H,6-8,13H2,1H3. The minimum absolute atomic E-state index is 0.0976. The zero-order valence-corrected chi connectivity index (χ0v) is 11.5. The number of para-hydroxylation sites is 1. The van der Waals surface area contributed by atoms with Crippen molar-refractivity contribution in [2.24, 2.45) is 0 Å². The number of nitrogen functional groups attached to an aromatic ring is 1. The zero-order chi connectivity index (χ0) is 14.0. The molecule has 1 aliphatic heterocycles. The minimum atomic E-state index is -3.67. The molecule has 0 radical (unpaired) electrons. The van der Waals surface area contributed by atoms with Crippen LogP contribution in [0.25, 0.3) is 0 Å². The van der Waals surface area contributed by atoms with Crippen molar-refractivity contribution in [3.63, 3.8) is 0 Å². The number of nitrogens with two attached hydrogens (primary N) is 1. The van der Waals surface area contributed by atoms with E-state index in [1.54, 1.807) is 25.1 Å². The van der Waals surface area contributed by atoms with E-state index in [4.69, 9.17) is 15.6 Å². The highest BCUT2D eigenvalue weighted by Crippen LogP contribution is 2.26. The Morgan fingerprint density at radius 3 is 2.79 bits per heavy atom. The summed E-state index contributed by atoms with van der Waals surface area (Å²) in [5, 5.41) is 9.11. The van der Waals surface area contributed by atoms with E-state index in [0.717, 1.165) is 0 Å². The highest BCUT2D eigenvalue weighted by atomic mass is 32.2. The molecule has 0 amide bonds. The largest absolute Gasteiger partial charge is 0.398 e. The average Bonchev–Trinajstić information content (AvgIpc) is 2.39. The molecular weight excluding hydrogens is 268 g/mol. The molecule has 7 heteroatoms. The number of hydrogen-bond acceptors (Lipinski definition) is 5. The highest BCUT2D eigenvalue weighted by molar-refractivity contribution is 7.89. The van der Waals surface area contributed by atoms with Crippen LogP contribution < -0.4 is 5.73 Å². The van der Waals surface area contributed by atoms with E-state index < -0.39 is 16.1 Å². The molecule has 2 unspecified atom stereocenters. The maximum atomic E-state index is 12.6. The number of rotatable bonds is 3. The van der Waals surface area contributed by atoms with Gasteiger partial charge in [0.05, 0.1) is 25.0 Å². The lowest BCUT2D eigenvalue weighted by Gasteiger charge is -2.36. The number of benzene rings is 1. The van der Waals surface area contributed by atoms with Crippen molar-refractivity contribution >= 4 is 15.7 Å². The van der Waals surface area contributed by atoms with Crippen molar-refractivity contribution in [1.29, 1.82) is 0 Å². The van der Waals surface area contributed by atoms with Gasteiger partial charge in [-0.25, -0.2) is 8.42 Å². The Labute approximate surface area is 112 Å². The SMILES string of the molecule is CC1COC(CO)CN1S(=O)(=O)c1ccccc1N. The summed E-state index contributed by atoms with van der Waals surface area (Å²) in [7, 11) is -3.67. The van der Waals surface area contributed by atoms with E-state index in [9.17, 15) is 8.42 Å². The first kappa shape index (κ1) is 14.3. The van der Waals surface area contributed by atoms with Gasteiger partial charge in [0, 0.05) is 12.6 Å². The molecular formula is C12H18N2O4S. The first-order valence-electron chi connectivity index (χ1n) is 6.05. The molecule has 1 heterocycles. The van der Waals surface area contributed by atoms with Gasteiger partial charge in [-0.05, 0) is 19.1 Å². The van der Waals surface area contributed by atoms with Crippen molar-refractivity contribution < 1.29 is 18.3 Å². The van der Waals surface area contributed by atoms with Gasteiger partial charge in [-0.15, -0.1) is 0 Å². The number of anilines is 1. The fraction of sp³-hybridized carbons (Fsp3) is 0.500. The zero-order valence-electron chi connectivity index (χ0n) is 10.7. The van der Waals surface area contributed by atoms with Crippen LogP contribution in [0.3, 0.4) is 0 Å². The van der Waals surface area contributed by atoms with Crippen LogP contribution in [0.2, 0.25) is 0 Å². The number of hydrogen-bond donors (Lipinski definition) is 2. The predicted octanol–water partition coefficient (Wildman–Crippen LogP) is 0.0391. The Morgan fingerprint density at radius 1 is 1.47 bits per heavy atom. The second kappa shape index (κ2) is 5.46. The van der Waals surface area contributed by atoms with E-state index in [1.165, 1.54) is 10.4 Å². The monoisotopic (exact) mass is 286 g/mol. The highest BCUT2D eigenvalue weighted by Gasteiger charge is 2.36. The van der Waals surface area contributed by atoms with Crippen LogP contribution in [0, 0.1) is 0 Å². The number of sulfonamides is 1. The van der Waals surface area contributed by atoms with Gasteiger partial charge in [0.1, 0.15) is 4.90 Å². The first-order chi connectivity index (χ1) is 8.96. The van der Waals surface area contributed by atoms with Crippen LogP contribution in [0.5, 0.6) is 0 Å². The van der Waals surface area contributed by atoms with Gasteiger partial charge in [-0.3, -0.25) is 0 Å². The van der Waals surface area contributed by atoms with Crippen LogP contribution in [-0.4, -0.2) is 49.7 Å². The van der Waals surface area contributed by atoms with Crippen LogP contribution >= 0.6 is 0 Å². The Hall–Kier alpha value is -1.15. The summed E-state index contributed by atoms with van der Waals surface area (Å²) >= 11 is 0. The van der Waals surface area contributed by atoms with Crippen molar-refractivity contribution in [1.82, 2.24) is 4.31 Å². The van der Waals surface area contributed by atoms with Crippen molar-refractivity contribution in [3.8, 4) is 0 Å². The smallest absolute Gasteiger partial charge is 0.245 e. The number of nitrogens with zero attached hydrogens (tertiary/aromatic N) is 1. The maximum absolute atomic E-state index is 12.6. The Bertz CT molecular complexity index is 546. The third kappa shape index (κ3) is 2.74.